The molecular weight excluding hydrogens is 524 g/mol. The third-order valence-electron chi connectivity index (χ3n) is 6.73. The Bertz CT molecular complexity index is 1670. The van der Waals surface area contributed by atoms with Crippen molar-refractivity contribution >= 4 is 9.84 Å². The number of nitrogens with zero attached hydrogens (tertiary/aromatic N) is 3. The maximum atomic E-state index is 14.8. The second-order valence-electron chi connectivity index (χ2n) is 9.21. The Labute approximate surface area is 225 Å². The normalized spacial score (nSPS) is 12.4. The molecule has 4 aromatic rings. The largest absolute Gasteiger partial charge is 0.492 e. The molecule has 0 bridgehead atoms. The van der Waals surface area contributed by atoms with Crippen molar-refractivity contribution in [2.75, 3.05) is 0 Å². The van der Waals surface area contributed by atoms with Crippen molar-refractivity contribution in [3.8, 4) is 17.0 Å². The minimum atomic E-state index is -4.54. The van der Waals surface area contributed by atoms with Crippen LogP contribution in [0.25, 0.3) is 11.1 Å². The summed E-state index contributed by atoms with van der Waals surface area (Å²) in [6, 6.07) is 12.3. The van der Waals surface area contributed by atoms with Crippen LogP contribution in [0.5, 0.6) is 5.88 Å². The summed E-state index contributed by atoms with van der Waals surface area (Å²) in [4.78, 5) is 20.5. The van der Waals surface area contributed by atoms with Crippen LogP contribution in [0, 0.1) is 18.7 Å². The van der Waals surface area contributed by atoms with Gasteiger partial charge in [0.15, 0.2) is 4.90 Å². The second-order valence-corrected chi connectivity index (χ2v) is 11.1. The number of sulfone groups is 1. The van der Waals surface area contributed by atoms with Gasteiger partial charge < -0.3 is 5.11 Å². The average molecular weight is 554 g/mol. The Morgan fingerprint density at radius 3 is 2.36 bits per heavy atom. The predicted octanol–water partition coefficient (Wildman–Crippen LogP) is 5.77. The first-order valence-corrected chi connectivity index (χ1v) is 14.2. The molecule has 0 saturated carbocycles. The molecule has 10 heteroatoms. The van der Waals surface area contributed by atoms with E-state index in [2.05, 4.69) is 9.97 Å². The molecule has 0 saturated heterocycles. The molecule has 1 unspecified atom stereocenters. The number of unbranched alkanes of at least 4 members (excludes halogenated alkanes) is 1. The van der Waals surface area contributed by atoms with E-state index >= 15 is 0 Å². The minimum Gasteiger partial charge on any atom is -0.492 e. The monoisotopic (exact) mass is 553 g/mol. The molecule has 1 atom stereocenters. The summed E-state index contributed by atoms with van der Waals surface area (Å²) in [5, 5.41) is 10.7. The fourth-order valence-electron chi connectivity index (χ4n) is 4.66. The average Bonchev–Trinajstić information content (AvgIpc) is 2.91. The molecular formula is C29H29F2N3O4S. The molecule has 39 heavy (non-hydrogen) atoms. The molecule has 0 radical (unpaired) electrons. The van der Waals surface area contributed by atoms with Gasteiger partial charge in [-0.05, 0) is 55.2 Å². The SMILES string of the molecule is CCCCc1nc(O)c(S(=O)(=O)c2ccc(-c3ccnc(F)c3C)cc2)c(=O)n1C(CC)c1ccccc1F. The molecule has 0 spiro atoms. The standard InChI is InChI=1S/C29H29F2N3O4S/c1-4-6-11-25-33-28(35)26(29(36)34(25)24(5-2)22-9-7-8-10-23(22)30)39(37,38)20-14-12-19(13-15-20)21-16-17-32-27(31)18(21)3/h7-10,12-17,24,35H,4-6,11H2,1-3H3. The van der Waals surface area contributed by atoms with Gasteiger partial charge in [0.2, 0.25) is 21.7 Å². The van der Waals surface area contributed by atoms with Gasteiger partial charge in [0, 0.05) is 23.7 Å². The highest BCUT2D eigenvalue weighted by molar-refractivity contribution is 7.91. The van der Waals surface area contributed by atoms with E-state index in [4.69, 9.17) is 0 Å². The number of halogens is 2. The molecule has 0 aliphatic heterocycles. The first-order valence-electron chi connectivity index (χ1n) is 12.7. The molecule has 204 valence electrons. The van der Waals surface area contributed by atoms with Crippen LogP contribution < -0.4 is 5.56 Å². The maximum Gasteiger partial charge on any atom is 0.277 e. The van der Waals surface area contributed by atoms with Crippen LogP contribution in [0.1, 0.15) is 56.1 Å². The molecule has 1 N–H and O–H groups in total. The highest BCUT2D eigenvalue weighted by atomic mass is 32.2. The van der Waals surface area contributed by atoms with Crippen molar-refractivity contribution in [2.24, 2.45) is 0 Å². The van der Waals surface area contributed by atoms with Crippen LogP contribution in [0.3, 0.4) is 0 Å². The highest BCUT2D eigenvalue weighted by Crippen LogP contribution is 2.31. The van der Waals surface area contributed by atoms with Gasteiger partial charge in [-0.3, -0.25) is 9.36 Å². The van der Waals surface area contributed by atoms with Gasteiger partial charge in [0.1, 0.15) is 11.6 Å². The van der Waals surface area contributed by atoms with Crippen LogP contribution in [0.4, 0.5) is 8.78 Å². The van der Waals surface area contributed by atoms with Crippen LogP contribution in [0.15, 0.2) is 75.4 Å². The quantitative estimate of drug-likeness (QED) is 0.264. The van der Waals surface area contributed by atoms with E-state index in [0.717, 1.165) is 6.42 Å². The zero-order valence-corrected chi connectivity index (χ0v) is 22.7. The van der Waals surface area contributed by atoms with Gasteiger partial charge in [-0.1, -0.05) is 50.6 Å². The van der Waals surface area contributed by atoms with E-state index in [-0.39, 0.29) is 22.7 Å². The van der Waals surface area contributed by atoms with E-state index in [1.54, 1.807) is 32.0 Å². The van der Waals surface area contributed by atoms with Gasteiger partial charge >= 0.3 is 0 Å². The van der Waals surface area contributed by atoms with Crippen molar-refractivity contribution < 1.29 is 22.3 Å². The number of aromatic hydroxyl groups is 1. The van der Waals surface area contributed by atoms with Crippen molar-refractivity contribution in [3.05, 3.63) is 99.9 Å². The van der Waals surface area contributed by atoms with Crippen LogP contribution in [-0.4, -0.2) is 28.1 Å². The van der Waals surface area contributed by atoms with Crippen molar-refractivity contribution in [1.82, 2.24) is 14.5 Å². The molecule has 7 nitrogen and oxygen atoms in total. The minimum absolute atomic E-state index is 0.180. The topological polar surface area (TPSA) is 102 Å². The Kier molecular flexibility index (Phi) is 8.25. The second kappa shape index (κ2) is 11.4. The van der Waals surface area contributed by atoms with Crippen LogP contribution in [-0.2, 0) is 16.3 Å². The number of pyridine rings is 1. The van der Waals surface area contributed by atoms with E-state index in [0.29, 0.717) is 29.5 Å². The van der Waals surface area contributed by atoms with E-state index in [9.17, 15) is 27.1 Å². The third-order valence-corrected chi connectivity index (χ3v) is 8.52. The van der Waals surface area contributed by atoms with Crippen molar-refractivity contribution in [2.45, 2.75) is 62.3 Å². The maximum absolute atomic E-state index is 14.8. The van der Waals surface area contributed by atoms with Crippen molar-refractivity contribution in [1.29, 1.82) is 0 Å². The Hall–Kier alpha value is -3.92. The number of hydrogen-bond donors (Lipinski definition) is 1. The fraction of sp³-hybridized carbons (Fsp3) is 0.276. The fourth-order valence-corrected chi connectivity index (χ4v) is 6.00. The lowest BCUT2D eigenvalue weighted by atomic mass is 10.0. The molecule has 4 rings (SSSR count). The summed E-state index contributed by atoms with van der Waals surface area (Å²) in [5.74, 6) is -1.89. The zero-order valence-electron chi connectivity index (χ0n) is 21.9. The lowest BCUT2D eigenvalue weighted by molar-refractivity contribution is 0.403. The first kappa shape index (κ1) is 28.1. The molecule has 0 amide bonds. The van der Waals surface area contributed by atoms with Gasteiger partial charge in [-0.15, -0.1) is 0 Å². The van der Waals surface area contributed by atoms with E-state index < -0.39 is 44.0 Å². The number of aryl methyl sites for hydroxylation is 1. The number of benzene rings is 2. The van der Waals surface area contributed by atoms with Crippen LogP contribution in [0.2, 0.25) is 0 Å². The molecule has 0 aliphatic rings. The zero-order chi connectivity index (χ0) is 28.3. The lowest BCUT2D eigenvalue weighted by Crippen LogP contribution is -2.34. The number of hydrogen-bond acceptors (Lipinski definition) is 6. The predicted molar refractivity (Wildman–Crippen MR) is 143 cm³/mol. The summed E-state index contributed by atoms with van der Waals surface area (Å²) < 4.78 is 57.3. The number of rotatable bonds is 9. The molecule has 0 aliphatic carbocycles. The first-order chi connectivity index (χ1) is 18.6. The van der Waals surface area contributed by atoms with E-state index in [1.807, 2.05) is 6.92 Å². The summed E-state index contributed by atoms with van der Waals surface area (Å²) in [6.45, 7) is 5.27. The third kappa shape index (κ3) is 5.34. The molecule has 2 aromatic carbocycles. The Morgan fingerprint density at radius 2 is 1.72 bits per heavy atom. The Balaban J connectivity index is 1.88. The molecule has 2 aromatic heterocycles. The smallest absolute Gasteiger partial charge is 0.277 e. The molecule has 2 heterocycles. The summed E-state index contributed by atoms with van der Waals surface area (Å²) in [5.41, 5.74) is 0.640. The summed E-state index contributed by atoms with van der Waals surface area (Å²) in [6.07, 6.45) is 3.28. The van der Waals surface area contributed by atoms with Gasteiger partial charge in [0.05, 0.1) is 10.9 Å². The summed E-state index contributed by atoms with van der Waals surface area (Å²) >= 11 is 0. The van der Waals surface area contributed by atoms with Gasteiger partial charge in [-0.25, -0.2) is 17.8 Å². The Morgan fingerprint density at radius 1 is 1.03 bits per heavy atom. The van der Waals surface area contributed by atoms with Crippen molar-refractivity contribution in [3.63, 3.8) is 0 Å². The van der Waals surface area contributed by atoms with Crippen LogP contribution >= 0.6 is 0 Å². The van der Waals surface area contributed by atoms with E-state index in [1.165, 1.54) is 47.2 Å². The highest BCUT2D eigenvalue weighted by Gasteiger charge is 2.32. The summed E-state index contributed by atoms with van der Waals surface area (Å²) in [7, 11) is -4.54. The van der Waals surface area contributed by atoms with Gasteiger partial charge in [0.25, 0.3) is 5.56 Å². The number of aromatic nitrogens is 3. The lowest BCUT2D eigenvalue weighted by Gasteiger charge is -2.23. The van der Waals surface area contributed by atoms with Gasteiger partial charge in [-0.2, -0.15) is 9.37 Å². The molecule has 0 fully saturated rings.